The van der Waals surface area contributed by atoms with Gasteiger partial charge in [0.2, 0.25) is 6.29 Å². The van der Waals surface area contributed by atoms with Gasteiger partial charge in [0.25, 0.3) is 0 Å². The average molecular weight is 222 g/mol. The van der Waals surface area contributed by atoms with Crippen LogP contribution in [0.1, 0.15) is 6.92 Å². The van der Waals surface area contributed by atoms with E-state index in [4.69, 9.17) is 9.84 Å². The minimum absolute atomic E-state index is 0.553. The molecule has 0 aliphatic carbocycles. The van der Waals surface area contributed by atoms with E-state index in [9.17, 15) is 20.1 Å². The van der Waals surface area contributed by atoms with Crippen LogP contribution in [-0.2, 0) is 14.3 Å². The van der Waals surface area contributed by atoms with Crippen molar-refractivity contribution in [3.05, 3.63) is 0 Å². The van der Waals surface area contributed by atoms with E-state index in [1.54, 1.807) is 0 Å². The number of carbonyl (C=O) groups is 1. The molecule has 7 nitrogen and oxygen atoms in total. The van der Waals surface area contributed by atoms with E-state index in [-0.39, 0.29) is 0 Å². The van der Waals surface area contributed by atoms with Crippen LogP contribution in [0.2, 0.25) is 0 Å². The molecule has 0 aromatic carbocycles. The number of aliphatic hydroxyl groups is 4. The highest BCUT2D eigenvalue weighted by atomic mass is 16.7. The molecule has 0 radical (unpaired) electrons. The summed E-state index contributed by atoms with van der Waals surface area (Å²) in [6.45, 7) is 0.560. The van der Waals surface area contributed by atoms with Crippen LogP contribution in [0.4, 0.5) is 0 Å². The average Bonchev–Trinajstić information content (AvgIpc) is 2.18. The number of aliphatic hydroxyl groups excluding tert-OH is 4. The Labute approximate surface area is 85.9 Å². The van der Waals surface area contributed by atoms with E-state index in [1.807, 2.05) is 0 Å². The Balaban J connectivity index is 2.69. The van der Waals surface area contributed by atoms with Crippen LogP contribution in [0.3, 0.4) is 0 Å². The third kappa shape index (κ3) is 2.64. The molecular weight excluding hydrogens is 208 g/mol. The Morgan fingerprint density at radius 2 is 1.87 bits per heavy atom. The molecule has 1 aliphatic rings. The third-order valence-corrected chi connectivity index (χ3v) is 2.13. The number of hydrogen-bond donors (Lipinski definition) is 4. The lowest BCUT2D eigenvalue weighted by molar-refractivity contribution is -0.292. The first-order valence-corrected chi connectivity index (χ1v) is 4.45. The summed E-state index contributed by atoms with van der Waals surface area (Å²) in [5.74, 6) is -0.695. The predicted octanol–water partition coefficient (Wildman–Crippen LogP) is -2.65. The van der Waals surface area contributed by atoms with Crippen molar-refractivity contribution in [3.8, 4) is 0 Å². The molecule has 1 rings (SSSR count). The molecule has 1 unspecified atom stereocenters. The van der Waals surface area contributed by atoms with Crippen molar-refractivity contribution in [3.63, 3.8) is 0 Å². The fourth-order valence-electron chi connectivity index (χ4n) is 1.33. The third-order valence-electron chi connectivity index (χ3n) is 2.13. The maximum Gasteiger partial charge on any atom is 0.305 e. The summed E-state index contributed by atoms with van der Waals surface area (Å²) in [4.78, 5) is 10.6. The number of esters is 1. The summed E-state index contributed by atoms with van der Waals surface area (Å²) in [7, 11) is 0. The Morgan fingerprint density at radius 1 is 1.27 bits per heavy atom. The van der Waals surface area contributed by atoms with E-state index in [0.29, 0.717) is 0 Å². The molecule has 0 aromatic rings. The highest BCUT2D eigenvalue weighted by Crippen LogP contribution is 2.21. The van der Waals surface area contributed by atoms with Crippen LogP contribution in [0.25, 0.3) is 0 Å². The van der Waals surface area contributed by atoms with Crippen LogP contribution < -0.4 is 0 Å². The quantitative estimate of drug-likeness (QED) is 0.377. The van der Waals surface area contributed by atoms with Crippen LogP contribution in [0.15, 0.2) is 0 Å². The van der Waals surface area contributed by atoms with Gasteiger partial charge in [-0.2, -0.15) is 0 Å². The molecule has 7 heteroatoms. The molecular formula is C8H14O7. The SMILES string of the molecule is CC(=O)OC1O[C@H](CO)[C@@H](O)[C@H](O)[C@@H]1O. The van der Waals surface area contributed by atoms with E-state index >= 15 is 0 Å². The number of ether oxygens (including phenoxy) is 2. The van der Waals surface area contributed by atoms with Gasteiger partial charge < -0.3 is 29.9 Å². The zero-order chi connectivity index (χ0) is 11.6. The zero-order valence-electron chi connectivity index (χ0n) is 8.11. The summed E-state index contributed by atoms with van der Waals surface area (Å²) in [6.07, 6.45) is -6.95. The van der Waals surface area contributed by atoms with E-state index < -0.39 is 43.3 Å². The number of hydrogen-bond acceptors (Lipinski definition) is 7. The highest BCUT2D eigenvalue weighted by Gasteiger charge is 2.44. The van der Waals surface area contributed by atoms with Crippen molar-refractivity contribution < 1.29 is 34.7 Å². The van der Waals surface area contributed by atoms with Gasteiger partial charge in [0.1, 0.15) is 24.4 Å². The zero-order valence-corrected chi connectivity index (χ0v) is 8.11. The van der Waals surface area contributed by atoms with Gasteiger partial charge in [-0.05, 0) is 0 Å². The minimum Gasteiger partial charge on any atom is -0.433 e. The van der Waals surface area contributed by atoms with Crippen LogP contribution >= 0.6 is 0 Å². The Kier molecular flexibility index (Phi) is 4.00. The molecule has 15 heavy (non-hydrogen) atoms. The van der Waals surface area contributed by atoms with E-state index in [0.717, 1.165) is 6.92 Å². The van der Waals surface area contributed by atoms with Crippen molar-refractivity contribution >= 4 is 5.97 Å². The van der Waals surface area contributed by atoms with Crippen LogP contribution in [0, 0.1) is 0 Å². The summed E-state index contributed by atoms with van der Waals surface area (Å²) in [5, 5.41) is 36.8. The van der Waals surface area contributed by atoms with Crippen molar-refractivity contribution in [1.29, 1.82) is 0 Å². The lowest BCUT2D eigenvalue weighted by Gasteiger charge is -2.38. The van der Waals surface area contributed by atoms with Gasteiger partial charge in [-0.25, -0.2) is 0 Å². The molecule has 0 spiro atoms. The van der Waals surface area contributed by atoms with Crippen molar-refractivity contribution in [1.82, 2.24) is 0 Å². The highest BCUT2D eigenvalue weighted by molar-refractivity contribution is 5.66. The van der Waals surface area contributed by atoms with Crippen molar-refractivity contribution in [2.24, 2.45) is 0 Å². The largest absolute Gasteiger partial charge is 0.433 e. The second-order valence-electron chi connectivity index (χ2n) is 3.31. The van der Waals surface area contributed by atoms with Crippen LogP contribution in [-0.4, -0.2) is 63.7 Å². The molecule has 1 aliphatic heterocycles. The molecule has 1 fully saturated rings. The van der Waals surface area contributed by atoms with Gasteiger partial charge in [0.15, 0.2) is 0 Å². The Morgan fingerprint density at radius 3 is 2.33 bits per heavy atom. The summed E-state index contributed by atoms with van der Waals surface area (Å²) < 4.78 is 9.45. The van der Waals surface area contributed by atoms with Gasteiger partial charge in [0, 0.05) is 6.92 Å². The molecule has 88 valence electrons. The first-order valence-electron chi connectivity index (χ1n) is 4.45. The van der Waals surface area contributed by atoms with Gasteiger partial charge >= 0.3 is 5.97 Å². The molecule has 1 saturated heterocycles. The summed E-state index contributed by atoms with van der Waals surface area (Å²) in [5.41, 5.74) is 0. The first-order chi connectivity index (χ1) is 6.97. The normalized spacial score (nSPS) is 41.3. The molecule has 5 atom stereocenters. The van der Waals surface area contributed by atoms with Gasteiger partial charge in [-0.15, -0.1) is 0 Å². The van der Waals surface area contributed by atoms with Crippen molar-refractivity contribution in [2.75, 3.05) is 6.61 Å². The maximum atomic E-state index is 10.6. The summed E-state index contributed by atoms with van der Waals surface area (Å²) >= 11 is 0. The number of rotatable bonds is 2. The van der Waals surface area contributed by atoms with Gasteiger partial charge in [-0.1, -0.05) is 0 Å². The fraction of sp³-hybridized carbons (Fsp3) is 0.875. The van der Waals surface area contributed by atoms with E-state index in [1.165, 1.54) is 0 Å². The molecule has 0 saturated carbocycles. The number of carbonyl (C=O) groups excluding carboxylic acids is 1. The lowest BCUT2D eigenvalue weighted by Crippen LogP contribution is -2.59. The van der Waals surface area contributed by atoms with Crippen molar-refractivity contribution in [2.45, 2.75) is 37.6 Å². The molecule has 0 amide bonds. The second-order valence-corrected chi connectivity index (χ2v) is 3.31. The topological polar surface area (TPSA) is 116 Å². The minimum atomic E-state index is -1.54. The predicted molar refractivity (Wildman–Crippen MR) is 45.5 cm³/mol. The molecule has 1 heterocycles. The van der Waals surface area contributed by atoms with E-state index in [2.05, 4.69) is 4.74 Å². The van der Waals surface area contributed by atoms with Gasteiger partial charge in [-0.3, -0.25) is 4.79 Å². The maximum absolute atomic E-state index is 10.6. The lowest BCUT2D eigenvalue weighted by atomic mass is 9.99. The smallest absolute Gasteiger partial charge is 0.305 e. The standard InChI is InChI=1S/C8H14O7/c1-3(10)14-8-7(13)6(12)5(11)4(2-9)15-8/h4-9,11-13H,2H2,1H3/t4-,5-,6+,7+,8?/m1/s1. The fourth-order valence-corrected chi connectivity index (χ4v) is 1.33. The summed E-state index contributed by atoms with van der Waals surface area (Å²) in [6, 6.07) is 0. The molecule has 0 aromatic heterocycles. The van der Waals surface area contributed by atoms with Gasteiger partial charge in [0.05, 0.1) is 6.61 Å². The monoisotopic (exact) mass is 222 g/mol. The molecule has 4 N–H and O–H groups in total. The second kappa shape index (κ2) is 4.86. The Hall–Kier alpha value is -0.730. The van der Waals surface area contributed by atoms with Crippen LogP contribution in [0.5, 0.6) is 0 Å². The Bertz CT molecular complexity index is 229. The molecule has 0 bridgehead atoms. The first kappa shape index (κ1) is 12.3.